The molecule has 17 heavy (non-hydrogen) atoms. The highest BCUT2D eigenvalue weighted by Crippen LogP contribution is 2.38. The second-order valence-electron chi connectivity index (χ2n) is 6.49. The zero-order chi connectivity index (χ0) is 12.3. The van der Waals surface area contributed by atoms with Crippen LogP contribution in [0.25, 0.3) is 0 Å². The van der Waals surface area contributed by atoms with Gasteiger partial charge in [0.2, 0.25) is 0 Å². The summed E-state index contributed by atoms with van der Waals surface area (Å²) in [6.45, 7) is 8.05. The SMILES string of the molecule is CN1CCCN=C1NCC1CCCC(C)(C)C1. The van der Waals surface area contributed by atoms with Gasteiger partial charge in [0, 0.05) is 26.7 Å². The van der Waals surface area contributed by atoms with Gasteiger partial charge in [-0.1, -0.05) is 20.3 Å². The largest absolute Gasteiger partial charge is 0.356 e. The van der Waals surface area contributed by atoms with Crippen molar-refractivity contribution in [3.8, 4) is 0 Å². The molecule has 2 rings (SSSR count). The van der Waals surface area contributed by atoms with Gasteiger partial charge in [0.1, 0.15) is 0 Å². The monoisotopic (exact) mass is 237 g/mol. The maximum absolute atomic E-state index is 4.56. The number of aliphatic imine (C=N–C) groups is 1. The van der Waals surface area contributed by atoms with E-state index in [1.165, 1.54) is 32.1 Å². The number of hydrogen-bond donors (Lipinski definition) is 1. The van der Waals surface area contributed by atoms with E-state index in [4.69, 9.17) is 0 Å². The molecule has 0 bridgehead atoms. The number of hydrogen-bond acceptors (Lipinski definition) is 3. The molecule has 3 heteroatoms. The third kappa shape index (κ3) is 3.62. The van der Waals surface area contributed by atoms with Gasteiger partial charge in [-0.15, -0.1) is 0 Å². The Balaban J connectivity index is 1.79. The Morgan fingerprint density at radius 3 is 2.94 bits per heavy atom. The first-order valence-corrected chi connectivity index (χ1v) is 7.06. The first-order valence-electron chi connectivity index (χ1n) is 7.06. The van der Waals surface area contributed by atoms with E-state index in [0.29, 0.717) is 5.41 Å². The van der Waals surface area contributed by atoms with E-state index in [2.05, 4.69) is 36.1 Å². The maximum atomic E-state index is 4.56. The predicted octanol–water partition coefficient (Wildman–Crippen LogP) is 2.48. The van der Waals surface area contributed by atoms with Gasteiger partial charge in [0.05, 0.1) is 0 Å². The molecule has 1 aliphatic heterocycles. The van der Waals surface area contributed by atoms with Crippen molar-refractivity contribution >= 4 is 5.96 Å². The lowest BCUT2D eigenvalue weighted by atomic mass is 9.72. The van der Waals surface area contributed by atoms with Crippen LogP contribution >= 0.6 is 0 Å². The van der Waals surface area contributed by atoms with Gasteiger partial charge in [0.25, 0.3) is 0 Å². The van der Waals surface area contributed by atoms with Gasteiger partial charge in [-0.05, 0) is 37.0 Å². The minimum atomic E-state index is 0.547. The maximum Gasteiger partial charge on any atom is 0.193 e. The average Bonchev–Trinajstić information content (AvgIpc) is 2.27. The van der Waals surface area contributed by atoms with Crippen molar-refractivity contribution in [1.29, 1.82) is 0 Å². The molecule has 1 aliphatic carbocycles. The predicted molar refractivity (Wildman–Crippen MR) is 73.3 cm³/mol. The minimum Gasteiger partial charge on any atom is -0.356 e. The Morgan fingerprint density at radius 2 is 2.24 bits per heavy atom. The van der Waals surface area contributed by atoms with Crippen molar-refractivity contribution in [1.82, 2.24) is 10.2 Å². The quantitative estimate of drug-likeness (QED) is 0.799. The zero-order valence-corrected chi connectivity index (χ0v) is 11.6. The van der Waals surface area contributed by atoms with Crippen molar-refractivity contribution in [3.63, 3.8) is 0 Å². The van der Waals surface area contributed by atoms with Gasteiger partial charge < -0.3 is 10.2 Å². The number of nitrogens with one attached hydrogen (secondary N) is 1. The summed E-state index contributed by atoms with van der Waals surface area (Å²) in [5.41, 5.74) is 0.547. The van der Waals surface area contributed by atoms with Gasteiger partial charge in [-0.2, -0.15) is 0 Å². The van der Waals surface area contributed by atoms with Crippen molar-refractivity contribution in [2.24, 2.45) is 16.3 Å². The van der Waals surface area contributed by atoms with Crippen LogP contribution in [0, 0.1) is 11.3 Å². The smallest absolute Gasteiger partial charge is 0.193 e. The first-order chi connectivity index (χ1) is 8.07. The Labute approximate surface area is 106 Å². The Kier molecular flexibility index (Phi) is 3.95. The molecule has 1 N–H and O–H groups in total. The summed E-state index contributed by atoms with van der Waals surface area (Å²) in [7, 11) is 2.13. The summed E-state index contributed by atoms with van der Waals surface area (Å²) in [6, 6.07) is 0. The van der Waals surface area contributed by atoms with E-state index in [1.807, 2.05) is 0 Å². The van der Waals surface area contributed by atoms with E-state index in [9.17, 15) is 0 Å². The second-order valence-corrected chi connectivity index (χ2v) is 6.49. The van der Waals surface area contributed by atoms with E-state index < -0.39 is 0 Å². The lowest BCUT2D eigenvalue weighted by Gasteiger charge is -2.36. The highest BCUT2D eigenvalue weighted by molar-refractivity contribution is 5.80. The van der Waals surface area contributed by atoms with E-state index in [-0.39, 0.29) is 0 Å². The van der Waals surface area contributed by atoms with Crippen LogP contribution in [0.4, 0.5) is 0 Å². The molecule has 1 fully saturated rings. The molecule has 98 valence electrons. The standard InChI is InChI=1S/C14H27N3/c1-14(2)7-4-6-12(10-14)11-16-13-15-8-5-9-17(13)3/h12H,4-11H2,1-3H3,(H,15,16). The fraction of sp³-hybridized carbons (Fsp3) is 0.929. The van der Waals surface area contributed by atoms with E-state index >= 15 is 0 Å². The number of guanidine groups is 1. The van der Waals surface area contributed by atoms with Gasteiger partial charge >= 0.3 is 0 Å². The Morgan fingerprint density at radius 1 is 1.41 bits per heavy atom. The van der Waals surface area contributed by atoms with Crippen LogP contribution in [-0.2, 0) is 0 Å². The first kappa shape index (κ1) is 12.7. The molecule has 1 saturated carbocycles. The minimum absolute atomic E-state index is 0.547. The lowest BCUT2D eigenvalue weighted by molar-refractivity contribution is 0.180. The Bertz CT molecular complexity index is 283. The second kappa shape index (κ2) is 5.28. The van der Waals surface area contributed by atoms with Crippen LogP contribution in [0.2, 0.25) is 0 Å². The average molecular weight is 237 g/mol. The summed E-state index contributed by atoms with van der Waals surface area (Å²) in [5, 5.41) is 3.55. The summed E-state index contributed by atoms with van der Waals surface area (Å²) in [4.78, 5) is 6.81. The zero-order valence-electron chi connectivity index (χ0n) is 11.6. The molecule has 1 unspecified atom stereocenters. The summed E-state index contributed by atoms with van der Waals surface area (Å²) < 4.78 is 0. The van der Waals surface area contributed by atoms with Crippen LogP contribution in [-0.4, -0.2) is 37.5 Å². The molecular weight excluding hydrogens is 210 g/mol. The molecule has 3 nitrogen and oxygen atoms in total. The molecular formula is C14H27N3. The topological polar surface area (TPSA) is 27.6 Å². The fourth-order valence-corrected chi connectivity index (χ4v) is 3.18. The molecule has 0 amide bonds. The summed E-state index contributed by atoms with van der Waals surface area (Å²) in [5.74, 6) is 1.94. The molecule has 0 spiro atoms. The highest BCUT2D eigenvalue weighted by Gasteiger charge is 2.28. The molecule has 0 aromatic heterocycles. The van der Waals surface area contributed by atoms with Gasteiger partial charge in [0.15, 0.2) is 5.96 Å². The molecule has 1 atom stereocenters. The van der Waals surface area contributed by atoms with Crippen LogP contribution in [0.15, 0.2) is 4.99 Å². The third-order valence-corrected chi connectivity index (χ3v) is 4.13. The van der Waals surface area contributed by atoms with Crippen LogP contribution < -0.4 is 5.32 Å². The van der Waals surface area contributed by atoms with Crippen molar-refractivity contribution in [2.45, 2.75) is 46.0 Å². The van der Waals surface area contributed by atoms with Gasteiger partial charge in [-0.25, -0.2) is 0 Å². The van der Waals surface area contributed by atoms with Crippen LogP contribution in [0.5, 0.6) is 0 Å². The number of nitrogens with zero attached hydrogens (tertiary/aromatic N) is 2. The lowest BCUT2D eigenvalue weighted by Crippen LogP contribution is -2.44. The van der Waals surface area contributed by atoms with Crippen LogP contribution in [0.1, 0.15) is 46.0 Å². The van der Waals surface area contributed by atoms with Crippen molar-refractivity contribution in [3.05, 3.63) is 0 Å². The van der Waals surface area contributed by atoms with Crippen molar-refractivity contribution < 1.29 is 0 Å². The van der Waals surface area contributed by atoms with Gasteiger partial charge in [-0.3, -0.25) is 4.99 Å². The fourth-order valence-electron chi connectivity index (χ4n) is 3.18. The van der Waals surface area contributed by atoms with Crippen LogP contribution in [0.3, 0.4) is 0 Å². The normalized spacial score (nSPS) is 28.8. The Hall–Kier alpha value is -0.730. The molecule has 0 aromatic rings. The highest BCUT2D eigenvalue weighted by atomic mass is 15.3. The molecule has 1 heterocycles. The molecule has 0 radical (unpaired) electrons. The molecule has 2 aliphatic rings. The summed E-state index contributed by atoms with van der Waals surface area (Å²) >= 11 is 0. The summed E-state index contributed by atoms with van der Waals surface area (Å²) in [6.07, 6.45) is 6.72. The van der Waals surface area contributed by atoms with Crippen molar-refractivity contribution in [2.75, 3.05) is 26.7 Å². The third-order valence-electron chi connectivity index (χ3n) is 4.13. The van der Waals surface area contributed by atoms with E-state index in [0.717, 1.165) is 31.5 Å². The molecule has 0 saturated heterocycles. The number of rotatable bonds is 2. The molecule has 0 aromatic carbocycles. The van der Waals surface area contributed by atoms with E-state index in [1.54, 1.807) is 0 Å².